The standard InChI is InChI=1S/C20H26N2O4S2/c1-5-19(15-6-8-16(26-3)9-7-15)21-20(23)14-22(2)28(24,25)18-12-10-17(27-4)11-13-18/h6-13,19H,5,14H2,1-4H3,(H,21,23)/t19-/m1/s1. The van der Waals surface area contributed by atoms with E-state index >= 15 is 0 Å². The van der Waals surface area contributed by atoms with E-state index in [1.54, 1.807) is 31.4 Å². The number of benzene rings is 2. The summed E-state index contributed by atoms with van der Waals surface area (Å²) < 4.78 is 31.6. The molecule has 0 aliphatic heterocycles. The summed E-state index contributed by atoms with van der Waals surface area (Å²) in [6.07, 6.45) is 2.61. The summed E-state index contributed by atoms with van der Waals surface area (Å²) in [5, 5.41) is 2.90. The molecule has 0 saturated heterocycles. The van der Waals surface area contributed by atoms with Crippen molar-refractivity contribution in [3.63, 3.8) is 0 Å². The molecule has 2 rings (SSSR count). The third kappa shape index (κ3) is 5.50. The Bertz CT molecular complexity index is 881. The average Bonchev–Trinajstić information content (AvgIpc) is 2.72. The van der Waals surface area contributed by atoms with E-state index in [-0.39, 0.29) is 23.4 Å². The fourth-order valence-corrected chi connectivity index (χ4v) is 4.25. The largest absolute Gasteiger partial charge is 0.497 e. The maximum Gasteiger partial charge on any atom is 0.243 e. The van der Waals surface area contributed by atoms with Crippen molar-refractivity contribution >= 4 is 27.7 Å². The Hall–Kier alpha value is -2.03. The van der Waals surface area contributed by atoms with Crippen molar-refractivity contribution in [1.82, 2.24) is 9.62 Å². The number of hydrogen-bond donors (Lipinski definition) is 1. The van der Waals surface area contributed by atoms with Crippen molar-refractivity contribution in [1.29, 1.82) is 0 Å². The van der Waals surface area contributed by atoms with Gasteiger partial charge in [0.1, 0.15) is 5.75 Å². The van der Waals surface area contributed by atoms with Crippen LogP contribution in [-0.4, -0.2) is 45.6 Å². The van der Waals surface area contributed by atoms with Gasteiger partial charge in [-0.2, -0.15) is 4.31 Å². The van der Waals surface area contributed by atoms with Crippen LogP contribution in [-0.2, 0) is 14.8 Å². The van der Waals surface area contributed by atoms with E-state index in [0.717, 1.165) is 20.5 Å². The second-order valence-corrected chi connectivity index (χ2v) is 9.16. The summed E-state index contributed by atoms with van der Waals surface area (Å²) in [5.41, 5.74) is 0.940. The second kappa shape index (κ2) is 9.95. The van der Waals surface area contributed by atoms with Crippen LogP contribution < -0.4 is 10.1 Å². The molecule has 0 aliphatic rings. The molecule has 0 saturated carbocycles. The smallest absolute Gasteiger partial charge is 0.243 e. The van der Waals surface area contributed by atoms with Crippen molar-refractivity contribution in [3.05, 3.63) is 54.1 Å². The van der Waals surface area contributed by atoms with Gasteiger partial charge in [0.2, 0.25) is 15.9 Å². The van der Waals surface area contributed by atoms with E-state index in [9.17, 15) is 13.2 Å². The molecule has 1 N–H and O–H groups in total. The Labute approximate surface area is 171 Å². The van der Waals surface area contributed by atoms with Gasteiger partial charge in [-0.15, -0.1) is 11.8 Å². The maximum absolute atomic E-state index is 12.7. The third-order valence-electron chi connectivity index (χ3n) is 4.40. The number of thioether (sulfide) groups is 1. The molecule has 0 aliphatic carbocycles. The molecule has 1 atom stereocenters. The summed E-state index contributed by atoms with van der Waals surface area (Å²) in [5.74, 6) is 0.387. The number of carbonyl (C=O) groups is 1. The molecule has 0 fully saturated rings. The van der Waals surface area contributed by atoms with Gasteiger partial charge in [-0.1, -0.05) is 19.1 Å². The molecule has 0 bridgehead atoms. The molecule has 0 spiro atoms. The lowest BCUT2D eigenvalue weighted by molar-refractivity contribution is -0.121. The first-order chi connectivity index (χ1) is 13.3. The molecule has 0 heterocycles. The normalized spacial score (nSPS) is 12.6. The Kier molecular flexibility index (Phi) is 7.91. The molecule has 0 radical (unpaired) electrons. The number of hydrogen-bond acceptors (Lipinski definition) is 5. The van der Waals surface area contributed by atoms with Crippen molar-refractivity contribution < 1.29 is 17.9 Å². The molecule has 2 aromatic carbocycles. The lowest BCUT2D eigenvalue weighted by Crippen LogP contribution is -2.39. The van der Waals surface area contributed by atoms with E-state index < -0.39 is 10.0 Å². The van der Waals surface area contributed by atoms with Crippen molar-refractivity contribution in [2.24, 2.45) is 0 Å². The minimum atomic E-state index is -3.73. The first-order valence-corrected chi connectivity index (χ1v) is 11.5. The second-order valence-electron chi connectivity index (χ2n) is 6.24. The minimum Gasteiger partial charge on any atom is -0.497 e. The number of amides is 1. The highest BCUT2D eigenvalue weighted by Crippen LogP contribution is 2.21. The van der Waals surface area contributed by atoms with E-state index in [1.165, 1.54) is 18.8 Å². The number of nitrogens with one attached hydrogen (secondary N) is 1. The molecule has 0 unspecified atom stereocenters. The van der Waals surface area contributed by atoms with E-state index in [4.69, 9.17) is 4.74 Å². The molecule has 8 heteroatoms. The zero-order chi connectivity index (χ0) is 20.7. The number of likely N-dealkylation sites (N-methyl/N-ethyl adjacent to an activating group) is 1. The Balaban J connectivity index is 2.04. The summed E-state index contributed by atoms with van der Waals surface area (Å²) in [4.78, 5) is 13.6. The lowest BCUT2D eigenvalue weighted by Gasteiger charge is -2.21. The van der Waals surface area contributed by atoms with Crippen LogP contribution in [0.5, 0.6) is 5.75 Å². The highest BCUT2D eigenvalue weighted by Gasteiger charge is 2.24. The number of carbonyl (C=O) groups excluding carboxylic acids is 1. The number of nitrogens with zero attached hydrogens (tertiary/aromatic N) is 1. The molecular formula is C20H26N2O4S2. The first-order valence-electron chi connectivity index (χ1n) is 8.85. The number of ether oxygens (including phenoxy) is 1. The van der Waals surface area contributed by atoms with Crippen LogP contribution in [0.4, 0.5) is 0 Å². The van der Waals surface area contributed by atoms with Crippen LogP contribution in [0.15, 0.2) is 58.3 Å². The van der Waals surface area contributed by atoms with Gasteiger partial charge in [-0.05, 0) is 54.6 Å². The van der Waals surface area contributed by atoms with E-state index in [1.807, 2.05) is 37.4 Å². The van der Waals surface area contributed by atoms with Crippen LogP contribution in [0.25, 0.3) is 0 Å². The van der Waals surface area contributed by atoms with Crippen LogP contribution in [0.2, 0.25) is 0 Å². The Morgan fingerprint density at radius 2 is 1.75 bits per heavy atom. The third-order valence-corrected chi connectivity index (χ3v) is 6.96. The summed E-state index contributed by atoms with van der Waals surface area (Å²) >= 11 is 1.54. The number of sulfonamides is 1. The molecule has 2 aromatic rings. The van der Waals surface area contributed by atoms with Gasteiger partial charge in [0, 0.05) is 11.9 Å². The van der Waals surface area contributed by atoms with E-state index in [0.29, 0.717) is 6.42 Å². The quantitative estimate of drug-likeness (QED) is 0.628. The van der Waals surface area contributed by atoms with Crippen molar-refractivity contribution in [2.45, 2.75) is 29.2 Å². The molecule has 152 valence electrons. The lowest BCUT2D eigenvalue weighted by atomic mass is 10.0. The van der Waals surface area contributed by atoms with Crippen molar-refractivity contribution in [3.8, 4) is 5.75 Å². The van der Waals surface area contributed by atoms with Gasteiger partial charge >= 0.3 is 0 Å². The molecule has 0 aromatic heterocycles. The summed E-state index contributed by atoms with van der Waals surface area (Å²) in [6, 6.07) is 13.9. The van der Waals surface area contributed by atoms with Crippen molar-refractivity contribution in [2.75, 3.05) is 27.0 Å². The van der Waals surface area contributed by atoms with Gasteiger partial charge in [-0.3, -0.25) is 4.79 Å². The van der Waals surface area contributed by atoms with Gasteiger partial charge < -0.3 is 10.1 Å². The number of rotatable bonds is 9. The fourth-order valence-electron chi connectivity index (χ4n) is 2.71. The van der Waals surface area contributed by atoms with Gasteiger partial charge in [0.25, 0.3) is 0 Å². The topological polar surface area (TPSA) is 75.7 Å². The van der Waals surface area contributed by atoms with E-state index in [2.05, 4.69) is 5.32 Å². The molecule has 1 amide bonds. The fraction of sp³-hybridized carbons (Fsp3) is 0.350. The Morgan fingerprint density at radius 1 is 1.14 bits per heavy atom. The highest BCUT2D eigenvalue weighted by atomic mass is 32.2. The monoisotopic (exact) mass is 422 g/mol. The number of methoxy groups -OCH3 is 1. The summed E-state index contributed by atoms with van der Waals surface area (Å²) in [7, 11) is -0.724. The predicted octanol–water partition coefficient (Wildman–Crippen LogP) is 3.31. The van der Waals surface area contributed by atoms with Gasteiger partial charge in [-0.25, -0.2) is 8.42 Å². The predicted molar refractivity (Wildman–Crippen MR) is 112 cm³/mol. The Morgan fingerprint density at radius 3 is 2.25 bits per heavy atom. The summed E-state index contributed by atoms with van der Waals surface area (Å²) in [6.45, 7) is 1.71. The van der Waals surface area contributed by atoms with Crippen LogP contribution in [0, 0.1) is 0 Å². The first kappa shape index (κ1) is 22.3. The highest BCUT2D eigenvalue weighted by molar-refractivity contribution is 7.98. The zero-order valence-electron chi connectivity index (χ0n) is 16.5. The molecular weight excluding hydrogens is 396 g/mol. The maximum atomic E-state index is 12.7. The van der Waals surface area contributed by atoms with Crippen LogP contribution in [0.1, 0.15) is 24.9 Å². The average molecular weight is 423 g/mol. The van der Waals surface area contributed by atoms with Crippen LogP contribution in [0.3, 0.4) is 0 Å². The zero-order valence-corrected chi connectivity index (χ0v) is 18.1. The van der Waals surface area contributed by atoms with Crippen LogP contribution >= 0.6 is 11.8 Å². The molecule has 6 nitrogen and oxygen atoms in total. The minimum absolute atomic E-state index is 0.169. The molecule has 28 heavy (non-hydrogen) atoms. The van der Waals surface area contributed by atoms with Gasteiger partial charge in [0.05, 0.1) is 24.6 Å². The van der Waals surface area contributed by atoms with Gasteiger partial charge in [0.15, 0.2) is 0 Å². The SMILES string of the molecule is CC[C@@H](NC(=O)CN(C)S(=O)(=O)c1ccc(SC)cc1)c1ccc(OC)cc1.